The number of pyridine rings is 1. The Morgan fingerprint density at radius 2 is 2.00 bits per heavy atom. The summed E-state index contributed by atoms with van der Waals surface area (Å²) < 4.78 is 7.46. The third-order valence-electron chi connectivity index (χ3n) is 3.32. The van der Waals surface area contributed by atoms with Gasteiger partial charge < -0.3 is 9.30 Å². The molecule has 106 valence electrons. The highest BCUT2D eigenvalue weighted by Gasteiger charge is 2.06. The third-order valence-corrected chi connectivity index (χ3v) is 3.60. The molecule has 0 N–H and O–H groups in total. The van der Waals surface area contributed by atoms with E-state index in [1.807, 2.05) is 30.7 Å². The molecule has 0 spiro atoms. The van der Waals surface area contributed by atoms with Gasteiger partial charge in [0, 0.05) is 18.8 Å². The molecular formula is C16H18ClNO2. The lowest BCUT2D eigenvalue weighted by atomic mass is 10.1. The average Bonchev–Trinajstić information content (AvgIpc) is 2.41. The van der Waals surface area contributed by atoms with E-state index in [0.29, 0.717) is 18.2 Å². The molecule has 0 radical (unpaired) electrons. The van der Waals surface area contributed by atoms with Crippen LogP contribution in [0.2, 0.25) is 0 Å². The Labute approximate surface area is 123 Å². The van der Waals surface area contributed by atoms with E-state index in [0.717, 1.165) is 11.3 Å². The quantitative estimate of drug-likeness (QED) is 0.809. The Balaban J connectivity index is 2.19. The zero-order valence-corrected chi connectivity index (χ0v) is 12.7. The van der Waals surface area contributed by atoms with Crippen LogP contribution in [0.3, 0.4) is 0 Å². The first-order valence-electron chi connectivity index (χ1n) is 6.45. The molecule has 1 aromatic carbocycles. The molecule has 0 atom stereocenters. The molecule has 20 heavy (non-hydrogen) atoms. The van der Waals surface area contributed by atoms with Gasteiger partial charge in [-0.3, -0.25) is 4.79 Å². The molecule has 0 aliphatic carbocycles. The Hall–Kier alpha value is -1.74. The summed E-state index contributed by atoms with van der Waals surface area (Å²) in [6.07, 6.45) is 1.68. The van der Waals surface area contributed by atoms with Gasteiger partial charge in [0.2, 0.25) is 5.43 Å². The van der Waals surface area contributed by atoms with Crippen molar-refractivity contribution in [3.05, 3.63) is 63.1 Å². The van der Waals surface area contributed by atoms with Crippen LogP contribution in [0.1, 0.15) is 22.4 Å². The number of rotatable bonds is 4. The van der Waals surface area contributed by atoms with Crippen LogP contribution in [0.4, 0.5) is 0 Å². The van der Waals surface area contributed by atoms with Gasteiger partial charge >= 0.3 is 0 Å². The topological polar surface area (TPSA) is 31.2 Å². The number of aromatic nitrogens is 1. The number of alkyl halides is 1. The lowest BCUT2D eigenvalue weighted by Crippen LogP contribution is -2.13. The monoisotopic (exact) mass is 291 g/mol. The molecule has 2 aromatic rings. The molecule has 1 heterocycles. The fraction of sp³-hybridized carbons (Fsp3) is 0.312. The minimum absolute atomic E-state index is 0.136. The lowest BCUT2D eigenvalue weighted by Gasteiger charge is -2.11. The maximum absolute atomic E-state index is 11.9. The predicted molar refractivity (Wildman–Crippen MR) is 81.5 cm³/mol. The number of hydrogen-bond acceptors (Lipinski definition) is 2. The van der Waals surface area contributed by atoms with Gasteiger partial charge in [0.05, 0.1) is 12.1 Å². The highest BCUT2D eigenvalue weighted by Crippen LogP contribution is 2.14. The predicted octanol–water partition coefficient (Wildman–Crippen LogP) is 3.32. The molecule has 2 rings (SSSR count). The number of ether oxygens (including phenoxy) is 1. The average molecular weight is 292 g/mol. The van der Waals surface area contributed by atoms with Crippen molar-refractivity contribution in [3.8, 4) is 5.75 Å². The van der Waals surface area contributed by atoms with Crippen molar-refractivity contribution < 1.29 is 4.74 Å². The molecule has 4 heteroatoms. The Morgan fingerprint density at radius 3 is 2.65 bits per heavy atom. The fourth-order valence-electron chi connectivity index (χ4n) is 2.05. The van der Waals surface area contributed by atoms with E-state index in [-0.39, 0.29) is 5.43 Å². The van der Waals surface area contributed by atoms with Crippen LogP contribution in [-0.2, 0) is 19.5 Å². The van der Waals surface area contributed by atoms with E-state index in [1.54, 1.807) is 6.20 Å². The van der Waals surface area contributed by atoms with E-state index in [1.165, 1.54) is 17.2 Å². The fourth-order valence-corrected chi connectivity index (χ4v) is 2.32. The van der Waals surface area contributed by atoms with Crippen molar-refractivity contribution >= 4 is 11.6 Å². The maximum atomic E-state index is 11.9. The number of nitrogens with zero attached hydrogens (tertiary/aromatic N) is 1. The van der Waals surface area contributed by atoms with E-state index < -0.39 is 0 Å². The molecule has 1 aromatic heterocycles. The smallest absolute Gasteiger partial charge is 0.223 e. The van der Waals surface area contributed by atoms with E-state index >= 15 is 0 Å². The lowest BCUT2D eigenvalue weighted by molar-refractivity contribution is 0.299. The van der Waals surface area contributed by atoms with Crippen LogP contribution in [0.5, 0.6) is 5.75 Å². The van der Waals surface area contributed by atoms with Crippen LogP contribution in [0.25, 0.3) is 0 Å². The third kappa shape index (κ3) is 3.23. The van der Waals surface area contributed by atoms with Crippen LogP contribution in [-0.4, -0.2) is 4.57 Å². The van der Waals surface area contributed by atoms with Gasteiger partial charge in [-0.15, -0.1) is 11.6 Å². The van der Waals surface area contributed by atoms with Gasteiger partial charge in [0.15, 0.2) is 5.75 Å². The number of benzene rings is 1. The molecule has 0 fully saturated rings. The molecular weight excluding hydrogens is 274 g/mol. The summed E-state index contributed by atoms with van der Waals surface area (Å²) in [5.74, 6) is 0.657. The Morgan fingerprint density at radius 1 is 1.25 bits per heavy atom. The molecule has 0 saturated heterocycles. The van der Waals surface area contributed by atoms with Gasteiger partial charge in [-0.05, 0) is 25.0 Å². The number of hydrogen-bond donors (Lipinski definition) is 0. The molecule has 3 nitrogen and oxygen atoms in total. The standard InChI is InChI=1S/C16H18ClNO2/c1-11-4-5-13(12(2)6-11)10-20-16-9-18(3)14(8-17)7-15(16)19/h4-7,9H,8,10H2,1-3H3. The molecule has 0 aliphatic rings. The summed E-state index contributed by atoms with van der Waals surface area (Å²) in [6, 6.07) is 7.69. The summed E-state index contributed by atoms with van der Waals surface area (Å²) in [5, 5.41) is 0. The van der Waals surface area contributed by atoms with Gasteiger partial charge in [0.1, 0.15) is 6.61 Å². The Bertz CT molecular complexity index is 677. The van der Waals surface area contributed by atoms with Crippen LogP contribution in [0, 0.1) is 13.8 Å². The first-order valence-corrected chi connectivity index (χ1v) is 6.99. The second-order valence-corrected chi connectivity index (χ2v) is 5.22. The van der Waals surface area contributed by atoms with Crippen molar-refractivity contribution in [2.45, 2.75) is 26.3 Å². The normalized spacial score (nSPS) is 10.6. The van der Waals surface area contributed by atoms with Gasteiger partial charge in [-0.1, -0.05) is 23.8 Å². The summed E-state index contributed by atoms with van der Waals surface area (Å²) in [4.78, 5) is 11.9. The van der Waals surface area contributed by atoms with Crippen molar-refractivity contribution in [1.82, 2.24) is 4.57 Å². The summed E-state index contributed by atoms with van der Waals surface area (Å²) in [5.41, 5.74) is 4.10. The van der Waals surface area contributed by atoms with Crippen molar-refractivity contribution in [1.29, 1.82) is 0 Å². The Kier molecular flexibility index (Phi) is 4.50. The van der Waals surface area contributed by atoms with E-state index in [2.05, 4.69) is 13.0 Å². The molecule has 0 aliphatic heterocycles. The molecule has 0 amide bonds. The molecule has 0 unspecified atom stereocenters. The molecule has 0 saturated carbocycles. The highest BCUT2D eigenvalue weighted by molar-refractivity contribution is 6.16. The molecule has 0 bridgehead atoms. The van der Waals surface area contributed by atoms with Gasteiger partial charge in [-0.2, -0.15) is 0 Å². The van der Waals surface area contributed by atoms with Crippen molar-refractivity contribution in [3.63, 3.8) is 0 Å². The highest BCUT2D eigenvalue weighted by atomic mass is 35.5. The minimum atomic E-state index is -0.136. The summed E-state index contributed by atoms with van der Waals surface area (Å²) >= 11 is 5.76. The second kappa shape index (κ2) is 6.14. The first-order chi connectivity index (χ1) is 9.51. The summed E-state index contributed by atoms with van der Waals surface area (Å²) in [6.45, 7) is 4.49. The number of aryl methyl sites for hydroxylation is 3. The van der Waals surface area contributed by atoms with Crippen molar-refractivity contribution in [2.24, 2.45) is 7.05 Å². The largest absolute Gasteiger partial charge is 0.483 e. The van der Waals surface area contributed by atoms with Crippen LogP contribution in [0.15, 0.2) is 35.3 Å². The summed E-state index contributed by atoms with van der Waals surface area (Å²) in [7, 11) is 1.85. The zero-order valence-electron chi connectivity index (χ0n) is 11.9. The van der Waals surface area contributed by atoms with Crippen LogP contribution < -0.4 is 10.2 Å². The van der Waals surface area contributed by atoms with E-state index in [9.17, 15) is 4.79 Å². The first kappa shape index (κ1) is 14.7. The van der Waals surface area contributed by atoms with Crippen LogP contribution >= 0.6 is 11.6 Å². The van der Waals surface area contributed by atoms with Crippen molar-refractivity contribution in [2.75, 3.05) is 0 Å². The zero-order chi connectivity index (χ0) is 14.7. The van der Waals surface area contributed by atoms with Gasteiger partial charge in [-0.25, -0.2) is 0 Å². The minimum Gasteiger partial charge on any atom is -0.483 e. The van der Waals surface area contributed by atoms with E-state index in [4.69, 9.17) is 16.3 Å². The maximum Gasteiger partial charge on any atom is 0.223 e. The SMILES string of the molecule is Cc1ccc(COc2cn(C)c(CCl)cc2=O)c(C)c1. The van der Waals surface area contributed by atoms with Gasteiger partial charge in [0.25, 0.3) is 0 Å². The second-order valence-electron chi connectivity index (χ2n) is 4.96. The number of halogens is 1.